The van der Waals surface area contributed by atoms with Gasteiger partial charge in [0.25, 0.3) is 0 Å². The van der Waals surface area contributed by atoms with Crippen LogP contribution >= 0.6 is 12.6 Å². The second-order valence-corrected chi connectivity index (χ2v) is 5.70. The standard InChI is InChI=1S/C16H17N7OS/c1-9-7-8-18-13(19-9)12(25)14-21-15(17)23-16(22-14)20-10-3-5-11(24-2)6-4-10/h3-8,12,25H,1-2H3,(H3,17,20,21,22,23). The molecular weight excluding hydrogens is 338 g/mol. The predicted molar refractivity (Wildman–Crippen MR) is 98.1 cm³/mol. The number of rotatable bonds is 5. The maximum Gasteiger partial charge on any atom is 0.232 e. The molecule has 0 aliphatic heterocycles. The molecule has 3 N–H and O–H groups in total. The number of benzene rings is 1. The molecule has 3 aromatic rings. The molecule has 3 rings (SSSR count). The summed E-state index contributed by atoms with van der Waals surface area (Å²) in [5.74, 6) is 2.04. The fraction of sp³-hybridized carbons (Fsp3) is 0.188. The summed E-state index contributed by atoms with van der Waals surface area (Å²) in [6, 6.07) is 9.16. The van der Waals surface area contributed by atoms with Gasteiger partial charge in [-0.2, -0.15) is 27.6 Å². The van der Waals surface area contributed by atoms with Gasteiger partial charge in [0.1, 0.15) is 16.8 Å². The zero-order valence-electron chi connectivity index (χ0n) is 13.7. The Morgan fingerprint density at radius 1 is 1.04 bits per heavy atom. The number of hydrogen-bond donors (Lipinski definition) is 3. The van der Waals surface area contributed by atoms with Crippen LogP contribution in [-0.2, 0) is 0 Å². The lowest BCUT2D eigenvalue weighted by Crippen LogP contribution is -2.11. The summed E-state index contributed by atoms with van der Waals surface area (Å²) in [5, 5.41) is 2.57. The van der Waals surface area contributed by atoms with Crippen LogP contribution in [0.1, 0.15) is 22.6 Å². The molecule has 25 heavy (non-hydrogen) atoms. The number of methoxy groups -OCH3 is 1. The Morgan fingerprint density at radius 2 is 1.80 bits per heavy atom. The van der Waals surface area contributed by atoms with E-state index in [4.69, 9.17) is 10.5 Å². The molecule has 0 radical (unpaired) electrons. The molecule has 128 valence electrons. The van der Waals surface area contributed by atoms with Crippen molar-refractivity contribution in [2.75, 3.05) is 18.2 Å². The molecule has 8 nitrogen and oxygen atoms in total. The highest BCUT2D eigenvalue weighted by Gasteiger charge is 2.18. The van der Waals surface area contributed by atoms with Crippen molar-refractivity contribution in [3.05, 3.63) is 53.9 Å². The second kappa shape index (κ2) is 7.31. The van der Waals surface area contributed by atoms with E-state index in [0.29, 0.717) is 17.6 Å². The van der Waals surface area contributed by atoms with Crippen molar-refractivity contribution in [2.24, 2.45) is 0 Å². The molecule has 0 saturated carbocycles. The third kappa shape index (κ3) is 4.13. The lowest BCUT2D eigenvalue weighted by atomic mass is 10.3. The second-order valence-electron chi connectivity index (χ2n) is 5.19. The van der Waals surface area contributed by atoms with Crippen LogP contribution < -0.4 is 15.8 Å². The van der Waals surface area contributed by atoms with Crippen LogP contribution in [0.5, 0.6) is 5.75 Å². The fourth-order valence-corrected chi connectivity index (χ4v) is 2.35. The number of anilines is 3. The Labute approximate surface area is 150 Å². The number of thiol groups is 1. The maximum atomic E-state index is 5.81. The highest BCUT2D eigenvalue weighted by molar-refractivity contribution is 7.80. The lowest BCUT2D eigenvalue weighted by Gasteiger charge is -2.11. The Kier molecular flexibility index (Phi) is 4.94. The van der Waals surface area contributed by atoms with E-state index in [1.165, 1.54) is 0 Å². The molecule has 0 aliphatic rings. The van der Waals surface area contributed by atoms with Gasteiger partial charge < -0.3 is 15.8 Å². The molecule has 1 aromatic carbocycles. The number of nitrogens with two attached hydrogens (primary N) is 1. The summed E-state index contributed by atoms with van der Waals surface area (Å²) in [6.07, 6.45) is 1.67. The maximum absolute atomic E-state index is 5.81. The molecule has 2 heterocycles. The molecule has 1 atom stereocenters. The van der Waals surface area contributed by atoms with Gasteiger partial charge in [-0.3, -0.25) is 0 Å². The first-order valence-electron chi connectivity index (χ1n) is 7.45. The Hall–Kier alpha value is -2.94. The number of nitrogens with zero attached hydrogens (tertiary/aromatic N) is 5. The van der Waals surface area contributed by atoms with Crippen molar-refractivity contribution in [3.63, 3.8) is 0 Å². The molecular formula is C16H17N7OS. The van der Waals surface area contributed by atoms with Gasteiger partial charge in [0.15, 0.2) is 5.82 Å². The van der Waals surface area contributed by atoms with Crippen molar-refractivity contribution in [1.82, 2.24) is 24.9 Å². The van der Waals surface area contributed by atoms with Gasteiger partial charge in [0.2, 0.25) is 11.9 Å². The molecule has 0 bridgehead atoms. The summed E-state index contributed by atoms with van der Waals surface area (Å²) in [7, 11) is 1.61. The van der Waals surface area contributed by atoms with Gasteiger partial charge in [-0.05, 0) is 37.3 Å². The van der Waals surface area contributed by atoms with E-state index in [-0.39, 0.29) is 5.95 Å². The van der Waals surface area contributed by atoms with Crippen molar-refractivity contribution < 1.29 is 4.74 Å². The number of nitrogens with one attached hydrogen (secondary N) is 1. The van der Waals surface area contributed by atoms with E-state index < -0.39 is 5.25 Å². The lowest BCUT2D eigenvalue weighted by molar-refractivity contribution is 0.415. The first kappa shape index (κ1) is 16.9. The quantitative estimate of drug-likeness (QED) is 0.598. The van der Waals surface area contributed by atoms with Gasteiger partial charge in [-0.15, -0.1) is 0 Å². The number of ether oxygens (including phenoxy) is 1. The highest BCUT2D eigenvalue weighted by Crippen LogP contribution is 2.25. The minimum Gasteiger partial charge on any atom is -0.497 e. The van der Waals surface area contributed by atoms with E-state index >= 15 is 0 Å². The molecule has 0 saturated heterocycles. The number of aromatic nitrogens is 5. The van der Waals surface area contributed by atoms with Crippen LogP contribution in [0.25, 0.3) is 0 Å². The molecule has 0 fully saturated rings. The molecule has 9 heteroatoms. The van der Waals surface area contributed by atoms with Crippen molar-refractivity contribution in [1.29, 1.82) is 0 Å². The minimum atomic E-state index is -0.512. The first-order valence-corrected chi connectivity index (χ1v) is 7.97. The number of nitrogen functional groups attached to an aromatic ring is 1. The highest BCUT2D eigenvalue weighted by atomic mass is 32.1. The topological polar surface area (TPSA) is 112 Å². The Bertz CT molecular complexity index is 873. The van der Waals surface area contributed by atoms with E-state index in [1.807, 2.05) is 37.3 Å². The number of aryl methyl sites for hydroxylation is 1. The molecule has 0 amide bonds. The number of hydrogen-bond acceptors (Lipinski definition) is 9. The SMILES string of the molecule is COc1ccc(Nc2nc(N)nc(C(S)c3nccc(C)n3)n2)cc1. The zero-order valence-corrected chi connectivity index (χ0v) is 14.6. The summed E-state index contributed by atoms with van der Waals surface area (Å²) in [5.41, 5.74) is 7.43. The average Bonchev–Trinajstić information content (AvgIpc) is 2.61. The van der Waals surface area contributed by atoms with Crippen LogP contribution in [-0.4, -0.2) is 32.0 Å². The summed E-state index contributed by atoms with van der Waals surface area (Å²) in [6.45, 7) is 1.88. The summed E-state index contributed by atoms with van der Waals surface area (Å²) in [4.78, 5) is 21.2. The van der Waals surface area contributed by atoms with E-state index in [1.54, 1.807) is 13.3 Å². The Morgan fingerprint density at radius 3 is 2.48 bits per heavy atom. The van der Waals surface area contributed by atoms with Crippen molar-refractivity contribution in [3.8, 4) is 5.75 Å². The van der Waals surface area contributed by atoms with Gasteiger partial charge in [-0.25, -0.2) is 9.97 Å². The summed E-state index contributed by atoms with van der Waals surface area (Å²) < 4.78 is 5.13. The van der Waals surface area contributed by atoms with Gasteiger partial charge >= 0.3 is 0 Å². The Balaban J connectivity index is 1.86. The normalized spacial score (nSPS) is 11.8. The van der Waals surface area contributed by atoms with Gasteiger partial charge in [0, 0.05) is 17.6 Å². The van der Waals surface area contributed by atoms with Gasteiger partial charge in [-0.1, -0.05) is 0 Å². The zero-order chi connectivity index (χ0) is 17.8. The van der Waals surface area contributed by atoms with Crippen molar-refractivity contribution >= 4 is 30.2 Å². The van der Waals surface area contributed by atoms with Crippen LogP contribution in [0, 0.1) is 6.92 Å². The average molecular weight is 355 g/mol. The van der Waals surface area contributed by atoms with Crippen LogP contribution in [0.3, 0.4) is 0 Å². The van der Waals surface area contributed by atoms with E-state index in [2.05, 4.69) is 42.9 Å². The van der Waals surface area contributed by atoms with Crippen molar-refractivity contribution in [2.45, 2.75) is 12.2 Å². The summed E-state index contributed by atoms with van der Waals surface area (Å²) >= 11 is 4.53. The minimum absolute atomic E-state index is 0.0905. The molecule has 0 aliphatic carbocycles. The molecule has 2 aromatic heterocycles. The van der Waals surface area contributed by atoms with E-state index in [0.717, 1.165) is 17.1 Å². The third-order valence-electron chi connectivity index (χ3n) is 3.32. The predicted octanol–water partition coefficient (Wildman–Crippen LogP) is 2.32. The van der Waals surface area contributed by atoms with E-state index in [9.17, 15) is 0 Å². The van der Waals surface area contributed by atoms with Crippen LogP contribution in [0.15, 0.2) is 36.5 Å². The monoisotopic (exact) mass is 355 g/mol. The first-order chi connectivity index (χ1) is 12.0. The largest absolute Gasteiger partial charge is 0.497 e. The van der Waals surface area contributed by atoms with Crippen LogP contribution in [0.4, 0.5) is 17.6 Å². The van der Waals surface area contributed by atoms with Gasteiger partial charge in [0.05, 0.1) is 7.11 Å². The smallest absolute Gasteiger partial charge is 0.232 e. The fourth-order valence-electron chi connectivity index (χ4n) is 2.11. The molecule has 1 unspecified atom stereocenters. The third-order valence-corrected chi connectivity index (χ3v) is 3.78. The van der Waals surface area contributed by atoms with Crippen LogP contribution in [0.2, 0.25) is 0 Å². The molecule has 0 spiro atoms.